The maximum atomic E-state index is 5.37. The Bertz CT molecular complexity index is 535. The van der Waals surface area contributed by atoms with Crippen molar-refractivity contribution in [1.82, 2.24) is 15.5 Å². The van der Waals surface area contributed by atoms with Gasteiger partial charge in [0.05, 0.1) is 5.56 Å². The van der Waals surface area contributed by atoms with Crippen molar-refractivity contribution in [3.63, 3.8) is 0 Å². The second kappa shape index (κ2) is 5.20. The third-order valence-electron chi connectivity index (χ3n) is 3.25. The summed E-state index contributed by atoms with van der Waals surface area (Å²) >= 11 is 3.50. The van der Waals surface area contributed by atoms with Crippen LogP contribution in [-0.2, 0) is 0 Å². The van der Waals surface area contributed by atoms with Gasteiger partial charge in [-0.05, 0) is 54.0 Å². The van der Waals surface area contributed by atoms with Crippen molar-refractivity contribution in [2.75, 3.05) is 13.1 Å². The summed E-state index contributed by atoms with van der Waals surface area (Å²) in [4.78, 5) is 4.53. The molecule has 1 aromatic carbocycles. The summed E-state index contributed by atoms with van der Waals surface area (Å²) in [6, 6.07) is 7.89. The molecule has 0 radical (unpaired) electrons. The number of rotatable bonds is 2. The van der Waals surface area contributed by atoms with Crippen LogP contribution in [0.15, 0.2) is 33.3 Å². The van der Waals surface area contributed by atoms with Crippen LogP contribution in [-0.4, -0.2) is 23.2 Å². The Morgan fingerprint density at radius 1 is 1.22 bits per heavy atom. The summed E-state index contributed by atoms with van der Waals surface area (Å²) in [6.45, 7) is 2.06. The fourth-order valence-electron chi connectivity index (χ4n) is 2.22. The lowest BCUT2D eigenvalue weighted by Crippen LogP contribution is -2.27. The van der Waals surface area contributed by atoms with Crippen molar-refractivity contribution in [1.29, 1.82) is 0 Å². The minimum Gasteiger partial charge on any atom is -0.334 e. The van der Waals surface area contributed by atoms with Crippen LogP contribution >= 0.6 is 15.9 Å². The molecular weight excluding hydrogens is 294 g/mol. The Labute approximate surface area is 114 Å². The largest absolute Gasteiger partial charge is 0.334 e. The van der Waals surface area contributed by atoms with Crippen molar-refractivity contribution in [3.8, 4) is 11.5 Å². The first-order chi connectivity index (χ1) is 8.84. The Morgan fingerprint density at radius 2 is 2.00 bits per heavy atom. The van der Waals surface area contributed by atoms with E-state index in [1.807, 2.05) is 24.3 Å². The minimum atomic E-state index is 0.422. The molecule has 0 bridgehead atoms. The molecule has 0 amide bonds. The van der Waals surface area contributed by atoms with E-state index in [9.17, 15) is 0 Å². The second-order valence-electron chi connectivity index (χ2n) is 4.46. The van der Waals surface area contributed by atoms with Crippen LogP contribution in [0, 0.1) is 0 Å². The number of piperidine rings is 1. The molecule has 4 nitrogen and oxygen atoms in total. The number of halogens is 1. The summed E-state index contributed by atoms with van der Waals surface area (Å²) in [7, 11) is 0. The van der Waals surface area contributed by atoms with Gasteiger partial charge in [0.25, 0.3) is 5.89 Å². The van der Waals surface area contributed by atoms with Gasteiger partial charge in [-0.25, -0.2) is 0 Å². The van der Waals surface area contributed by atoms with E-state index in [2.05, 4.69) is 31.4 Å². The maximum absolute atomic E-state index is 5.37. The molecule has 1 aromatic heterocycles. The van der Waals surface area contributed by atoms with Crippen molar-refractivity contribution in [2.45, 2.75) is 18.8 Å². The quantitative estimate of drug-likeness (QED) is 0.926. The molecule has 1 aliphatic rings. The number of aromatic nitrogens is 2. The van der Waals surface area contributed by atoms with Gasteiger partial charge >= 0.3 is 0 Å². The van der Waals surface area contributed by atoms with Crippen LogP contribution in [0.25, 0.3) is 11.5 Å². The van der Waals surface area contributed by atoms with E-state index in [4.69, 9.17) is 4.52 Å². The molecule has 2 heterocycles. The third-order valence-corrected chi connectivity index (χ3v) is 3.94. The van der Waals surface area contributed by atoms with Gasteiger partial charge in [0.2, 0.25) is 0 Å². The SMILES string of the molecule is Brc1ccccc1-c1nc(C2CCNCC2)no1. The molecule has 2 aromatic rings. The van der Waals surface area contributed by atoms with Crippen LogP contribution in [0.5, 0.6) is 0 Å². The lowest BCUT2D eigenvalue weighted by molar-refractivity contribution is 0.392. The summed E-state index contributed by atoms with van der Waals surface area (Å²) in [5.74, 6) is 1.85. The topological polar surface area (TPSA) is 51.0 Å². The molecule has 3 rings (SSSR count). The minimum absolute atomic E-state index is 0.422. The van der Waals surface area contributed by atoms with Crippen LogP contribution in [0.1, 0.15) is 24.6 Å². The number of nitrogens with zero attached hydrogens (tertiary/aromatic N) is 2. The highest BCUT2D eigenvalue weighted by molar-refractivity contribution is 9.10. The molecule has 0 aliphatic carbocycles. The second-order valence-corrected chi connectivity index (χ2v) is 5.32. The summed E-state index contributed by atoms with van der Waals surface area (Å²) in [5.41, 5.74) is 0.949. The molecule has 94 valence electrons. The average molecular weight is 308 g/mol. The Hall–Kier alpha value is -1.20. The van der Waals surface area contributed by atoms with E-state index in [0.29, 0.717) is 11.8 Å². The third kappa shape index (κ3) is 2.33. The monoisotopic (exact) mass is 307 g/mol. The lowest BCUT2D eigenvalue weighted by atomic mass is 9.98. The molecule has 1 saturated heterocycles. The Kier molecular flexibility index (Phi) is 3.43. The zero-order valence-electron chi connectivity index (χ0n) is 9.90. The van der Waals surface area contributed by atoms with Gasteiger partial charge in [-0.2, -0.15) is 4.98 Å². The van der Waals surface area contributed by atoms with Crippen molar-refractivity contribution in [2.24, 2.45) is 0 Å². The van der Waals surface area contributed by atoms with Crippen molar-refractivity contribution >= 4 is 15.9 Å². The first-order valence-corrected chi connectivity index (χ1v) is 6.93. The van der Waals surface area contributed by atoms with E-state index in [-0.39, 0.29) is 0 Å². The smallest absolute Gasteiger partial charge is 0.259 e. The predicted molar refractivity (Wildman–Crippen MR) is 72.3 cm³/mol. The standard InChI is InChI=1S/C13H14BrN3O/c14-11-4-2-1-3-10(11)13-16-12(17-18-13)9-5-7-15-8-6-9/h1-4,9,15H,5-8H2. The van der Waals surface area contributed by atoms with Crippen LogP contribution < -0.4 is 5.32 Å². The van der Waals surface area contributed by atoms with E-state index in [0.717, 1.165) is 41.8 Å². The van der Waals surface area contributed by atoms with E-state index >= 15 is 0 Å². The lowest BCUT2D eigenvalue weighted by Gasteiger charge is -2.18. The summed E-state index contributed by atoms with van der Waals surface area (Å²) < 4.78 is 6.35. The van der Waals surface area contributed by atoms with Gasteiger partial charge in [0.15, 0.2) is 5.82 Å². The van der Waals surface area contributed by atoms with Crippen LogP contribution in [0.4, 0.5) is 0 Å². The number of hydrogen-bond acceptors (Lipinski definition) is 4. The molecule has 0 unspecified atom stereocenters. The van der Waals surface area contributed by atoms with Crippen molar-refractivity contribution in [3.05, 3.63) is 34.6 Å². The molecule has 0 atom stereocenters. The molecular formula is C13H14BrN3O. The molecule has 0 saturated carbocycles. The molecule has 1 fully saturated rings. The molecule has 1 aliphatic heterocycles. The van der Waals surface area contributed by atoms with Crippen LogP contribution in [0.3, 0.4) is 0 Å². The van der Waals surface area contributed by atoms with Crippen molar-refractivity contribution < 1.29 is 4.52 Å². The number of hydrogen-bond donors (Lipinski definition) is 1. The molecule has 0 spiro atoms. The fraction of sp³-hybridized carbons (Fsp3) is 0.385. The van der Waals surface area contributed by atoms with E-state index < -0.39 is 0 Å². The predicted octanol–water partition coefficient (Wildman–Crippen LogP) is 2.97. The Morgan fingerprint density at radius 3 is 2.78 bits per heavy atom. The summed E-state index contributed by atoms with van der Waals surface area (Å²) in [5, 5.41) is 7.46. The van der Waals surface area contributed by atoms with Gasteiger partial charge in [-0.15, -0.1) is 0 Å². The maximum Gasteiger partial charge on any atom is 0.259 e. The molecule has 5 heteroatoms. The normalized spacial score (nSPS) is 16.9. The van der Waals surface area contributed by atoms with Gasteiger partial charge in [0.1, 0.15) is 0 Å². The van der Waals surface area contributed by atoms with Gasteiger partial charge in [-0.1, -0.05) is 17.3 Å². The highest BCUT2D eigenvalue weighted by Crippen LogP contribution is 2.29. The highest BCUT2D eigenvalue weighted by Gasteiger charge is 2.21. The highest BCUT2D eigenvalue weighted by atomic mass is 79.9. The molecule has 18 heavy (non-hydrogen) atoms. The van der Waals surface area contributed by atoms with Gasteiger partial charge in [0, 0.05) is 10.4 Å². The van der Waals surface area contributed by atoms with E-state index in [1.165, 1.54) is 0 Å². The summed E-state index contributed by atoms with van der Waals surface area (Å²) in [6.07, 6.45) is 2.16. The number of nitrogens with one attached hydrogen (secondary N) is 1. The molecule has 1 N–H and O–H groups in total. The zero-order valence-corrected chi connectivity index (χ0v) is 11.5. The Balaban J connectivity index is 1.87. The fourth-order valence-corrected chi connectivity index (χ4v) is 2.68. The first-order valence-electron chi connectivity index (χ1n) is 6.14. The van der Waals surface area contributed by atoms with Gasteiger partial charge < -0.3 is 9.84 Å². The zero-order chi connectivity index (χ0) is 12.4. The van der Waals surface area contributed by atoms with E-state index in [1.54, 1.807) is 0 Å². The van der Waals surface area contributed by atoms with Crippen LogP contribution in [0.2, 0.25) is 0 Å². The number of benzene rings is 1. The average Bonchev–Trinajstić information content (AvgIpc) is 2.90. The first kappa shape index (κ1) is 11.9. The van der Waals surface area contributed by atoms with Gasteiger partial charge in [-0.3, -0.25) is 0 Å².